The third-order valence-corrected chi connectivity index (χ3v) is 2.13. The fraction of sp³-hybridized carbons (Fsp3) is 0.455. The predicted octanol–water partition coefficient (Wildman–Crippen LogP) is -0.0822. The Balaban J connectivity index is 2.31. The van der Waals surface area contributed by atoms with E-state index in [1.807, 2.05) is 5.32 Å². The molecule has 1 atom stereocenters. The summed E-state index contributed by atoms with van der Waals surface area (Å²) in [6.07, 6.45) is -0.340. The largest absolute Gasteiger partial charge is 0.487 e. The lowest BCUT2D eigenvalue weighted by molar-refractivity contribution is -0.661. The number of non-ortho nitro benzene ring substituents is 1. The molecular weight excluding hydrogens is 224 g/mol. The fourth-order valence-electron chi connectivity index (χ4n) is 1.31. The Morgan fingerprint density at radius 1 is 1.59 bits per heavy atom. The fourth-order valence-corrected chi connectivity index (χ4v) is 1.31. The molecule has 0 unspecified atom stereocenters. The van der Waals surface area contributed by atoms with Gasteiger partial charge in [0.2, 0.25) is 0 Å². The van der Waals surface area contributed by atoms with Crippen LogP contribution in [0.15, 0.2) is 24.3 Å². The van der Waals surface area contributed by atoms with Crippen molar-refractivity contribution in [3.05, 3.63) is 34.4 Å². The Kier molecular flexibility index (Phi) is 5.38. The van der Waals surface area contributed by atoms with Crippen molar-refractivity contribution in [3.63, 3.8) is 0 Å². The van der Waals surface area contributed by atoms with E-state index in [0.717, 1.165) is 0 Å². The van der Waals surface area contributed by atoms with Gasteiger partial charge in [-0.1, -0.05) is 6.07 Å². The molecule has 0 radical (unpaired) electrons. The van der Waals surface area contributed by atoms with Crippen LogP contribution in [0.4, 0.5) is 5.69 Å². The van der Waals surface area contributed by atoms with Crippen LogP contribution in [0.1, 0.15) is 6.92 Å². The first-order valence-corrected chi connectivity index (χ1v) is 5.46. The van der Waals surface area contributed by atoms with Crippen LogP contribution in [-0.2, 0) is 0 Å². The van der Waals surface area contributed by atoms with E-state index in [0.29, 0.717) is 25.4 Å². The van der Waals surface area contributed by atoms with Crippen LogP contribution < -0.4 is 10.1 Å². The Morgan fingerprint density at radius 3 is 3.00 bits per heavy atom. The van der Waals surface area contributed by atoms with E-state index in [1.165, 1.54) is 12.1 Å². The minimum Gasteiger partial charge on any atom is -0.487 e. The molecule has 0 heterocycles. The van der Waals surface area contributed by atoms with Gasteiger partial charge in [-0.05, 0) is 13.0 Å². The van der Waals surface area contributed by atoms with Crippen LogP contribution in [-0.4, -0.2) is 35.8 Å². The molecule has 0 saturated heterocycles. The summed E-state index contributed by atoms with van der Waals surface area (Å²) in [6.45, 7) is 3.50. The lowest BCUT2D eigenvalue weighted by atomic mass is 10.3. The minimum atomic E-state index is -0.452. The van der Waals surface area contributed by atoms with Gasteiger partial charge in [0.1, 0.15) is 25.4 Å². The van der Waals surface area contributed by atoms with Crippen molar-refractivity contribution >= 4 is 5.69 Å². The van der Waals surface area contributed by atoms with Crippen molar-refractivity contribution < 1.29 is 20.1 Å². The summed E-state index contributed by atoms with van der Waals surface area (Å²) in [7, 11) is 0. The number of nitrogens with zero attached hydrogens (tertiary/aromatic N) is 1. The number of nitrogens with two attached hydrogens (primary N) is 1. The molecular formula is C11H17N2O4+. The SMILES string of the molecule is C[C@@H](O)C[NH2+]CCOc1cccc([N+](=O)[O-])c1. The molecule has 0 aliphatic heterocycles. The molecule has 0 aromatic heterocycles. The Bertz CT molecular complexity index is 368. The summed E-state index contributed by atoms with van der Waals surface area (Å²) in [6, 6.07) is 6.09. The van der Waals surface area contributed by atoms with Crippen LogP contribution in [0, 0.1) is 10.1 Å². The highest BCUT2D eigenvalue weighted by atomic mass is 16.6. The molecule has 1 rings (SSSR count). The normalized spacial score (nSPS) is 12.1. The number of rotatable bonds is 7. The zero-order chi connectivity index (χ0) is 12.7. The second kappa shape index (κ2) is 6.82. The van der Waals surface area contributed by atoms with Gasteiger partial charge in [-0.3, -0.25) is 10.1 Å². The van der Waals surface area contributed by atoms with Crippen molar-refractivity contribution in [2.75, 3.05) is 19.7 Å². The van der Waals surface area contributed by atoms with Crippen molar-refractivity contribution in [1.29, 1.82) is 0 Å². The molecule has 6 nitrogen and oxygen atoms in total. The van der Waals surface area contributed by atoms with E-state index in [9.17, 15) is 10.1 Å². The van der Waals surface area contributed by atoms with E-state index >= 15 is 0 Å². The molecule has 1 aromatic rings. The zero-order valence-corrected chi connectivity index (χ0v) is 9.70. The van der Waals surface area contributed by atoms with E-state index in [1.54, 1.807) is 19.1 Å². The van der Waals surface area contributed by atoms with Crippen molar-refractivity contribution in [3.8, 4) is 5.75 Å². The van der Waals surface area contributed by atoms with Gasteiger partial charge in [0.05, 0.1) is 17.1 Å². The number of quaternary nitrogens is 1. The van der Waals surface area contributed by atoms with Gasteiger partial charge >= 0.3 is 0 Å². The van der Waals surface area contributed by atoms with Gasteiger partial charge < -0.3 is 15.2 Å². The summed E-state index contributed by atoms with van der Waals surface area (Å²) in [5.74, 6) is 0.490. The third kappa shape index (κ3) is 5.28. The maximum absolute atomic E-state index is 10.5. The van der Waals surface area contributed by atoms with Crippen molar-refractivity contribution in [2.45, 2.75) is 13.0 Å². The van der Waals surface area contributed by atoms with Crippen LogP contribution in [0.2, 0.25) is 0 Å². The Morgan fingerprint density at radius 2 is 2.35 bits per heavy atom. The molecule has 6 heteroatoms. The van der Waals surface area contributed by atoms with Gasteiger partial charge in [0.15, 0.2) is 0 Å². The first kappa shape index (κ1) is 13.4. The number of ether oxygens (including phenoxy) is 1. The molecule has 0 fully saturated rings. The number of nitro benzene ring substituents is 1. The number of aliphatic hydroxyl groups excluding tert-OH is 1. The first-order chi connectivity index (χ1) is 8.09. The average molecular weight is 241 g/mol. The molecule has 0 aliphatic rings. The highest BCUT2D eigenvalue weighted by molar-refractivity contribution is 5.37. The van der Waals surface area contributed by atoms with Crippen LogP contribution in [0.3, 0.4) is 0 Å². The third-order valence-electron chi connectivity index (χ3n) is 2.13. The zero-order valence-electron chi connectivity index (χ0n) is 9.70. The number of hydrogen-bond acceptors (Lipinski definition) is 4. The predicted molar refractivity (Wildman–Crippen MR) is 61.9 cm³/mol. The van der Waals surface area contributed by atoms with Crippen LogP contribution in [0.25, 0.3) is 0 Å². The summed E-state index contributed by atoms with van der Waals surface area (Å²) in [5.41, 5.74) is 0.0236. The number of benzene rings is 1. The van der Waals surface area contributed by atoms with Crippen LogP contribution in [0.5, 0.6) is 5.75 Å². The van der Waals surface area contributed by atoms with E-state index in [2.05, 4.69) is 0 Å². The summed E-state index contributed by atoms with van der Waals surface area (Å²) in [4.78, 5) is 10.1. The maximum atomic E-state index is 10.5. The summed E-state index contributed by atoms with van der Waals surface area (Å²) < 4.78 is 5.36. The molecule has 0 saturated carbocycles. The highest BCUT2D eigenvalue weighted by Gasteiger charge is 2.06. The maximum Gasteiger partial charge on any atom is 0.273 e. The highest BCUT2D eigenvalue weighted by Crippen LogP contribution is 2.18. The first-order valence-electron chi connectivity index (χ1n) is 5.46. The quantitative estimate of drug-likeness (QED) is 0.397. The van der Waals surface area contributed by atoms with Gasteiger partial charge in [-0.2, -0.15) is 0 Å². The molecule has 94 valence electrons. The molecule has 1 aromatic carbocycles. The lowest BCUT2D eigenvalue weighted by Gasteiger charge is -2.06. The molecule has 0 amide bonds. The molecule has 17 heavy (non-hydrogen) atoms. The van der Waals surface area contributed by atoms with E-state index in [4.69, 9.17) is 9.84 Å². The standard InChI is InChI=1S/C11H16N2O4/c1-9(14)8-12-5-6-17-11-4-2-3-10(7-11)13(15)16/h2-4,7,9,12,14H,5-6,8H2,1H3/p+1/t9-/m1/s1. The average Bonchev–Trinajstić information content (AvgIpc) is 2.28. The monoisotopic (exact) mass is 241 g/mol. The second-order valence-corrected chi connectivity index (χ2v) is 3.77. The molecule has 0 spiro atoms. The van der Waals surface area contributed by atoms with E-state index in [-0.39, 0.29) is 11.8 Å². The van der Waals surface area contributed by atoms with Crippen molar-refractivity contribution in [1.82, 2.24) is 0 Å². The Hall–Kier alpha value is -1.66. The molecule has 0 bridgehead atoms. The molecule has 3 N–H and O–H groups in total. The number of nitro groups is 1. The summed E-state index contributed by atoms with van der Waals surface area (Å²) in [5, 5.41) is 21.5. The topological polar surface area (TPSA) is 89.2 Å². The van der Waals surface area contributed by atoms with Crippen molar-refractivity contribution in [2.24, 2.45) is 0 Å². The van der Waals surface area contributed by atoms with Gasteiger partial charge in [0.25, 0.3) is 5.69 Å². The van der Waals surface area contributed by atoms with Gasteiger partial charge in [-0.15, -0.1) is 0 Å². The molecule has 0 aliphatic carbocycles. The second-order valence-electron chi connectivity index (χ2n) is 3.77. The lowest BCUT2D eigenvalue weighted by Crippen LogP contribution is -2.87. The minimum absolute atomic E-state index is 0.0236. The smallest absolute Gasteiger partial charge is 0.273 e. The number of aliphatic hydroxyl groups is 1. The van der Waals surface area contributed by atoms with Gasteiger partial charge in [0, 0.05) is 6.07 Å². The van der Waals surface area contributed by atoms with Gasteiger partial charge in [-0.25, -0.2) is 0 Å². The Labute approximate surface area is 99.4 Å². The number of hydrogen-bond donors (Lipinski definition) is 2. The summed E-state index contributed by atoms with van der Waals surface area (Å²) >= 11 is 0. The van der Waals surface area contributed by atoms with Crippen LogP contribution >= 0.6 is 0 Å². The van der Waals surface area contributed by atoms with E-state index < -0.39 is 4.92 Å².